The van der Waals surface area contributed by atoms with Gasteiger partial charge in [-0.1, -0.05) is 152 Å². The smallest absolute Gasteiger partial charge is 0.306 e. The number of esters is 2. The lowest BCUT2D eigenvalue weighted by Crippen LogP contribution is -2.59. The molecule has 0 amide bonds. The molecule has 10 nitrogen and oxygen atoms in total. The minimum Gasteiger partial charge on any atom is -0.462 e. The van der Waals surface area contributed by atoms with Gasteiger partial charge in [-0.05, 0) is 32.1 Å². The quantitative estimate of drug-likeness (QED) is 0.0307. The van der Waals surface area contributed by atoms with Crippen molar-refractivity contribution in [2.45, 2.75) is 185 Å². The molecule has 1 aliphatic heterocycles. The highest BCUT2D eigenvalue weighted by Crippen LogP contribution is 2.22. The number of aliphatic hydroxyl groups excluding tert-OH is 4. The molecular weight excluding hydrogens is 664 g/mol. The first-order valence-corrected chi connectivity index (χ1v) is 20.3. The Bertz CT molecular complexity index is 991. The molecule has 6 atom stereocenters. The van der Waals surface area contributed by atoms with E-state index in [0.29, 0.717) is 12.8 Å². The van der Waals surface area contributed by atoms with Gasteiger partial charge in [-0.3, -0.25) is 9.59 Å². The van der Waals surface area contributed by atoms with Gasteiger partial charge in [0.1, 0.15) is 31.0 Å². The van der Waals surface area contributed by atoms with Crippen molar-refractivity contribution in [3.05, 3.63) is 48.6 Å². The third kappa shape index (κ3) is 24.8. The Morgan fingerprint density at radius 2 is 1.13 bits per heavy atom. The molecule has 1 fully saturated rings. The summed E-state index contributed by atoms with van der Waals surface area (Å²) in [5.41, 5.74) is 0. The number of hydrogen-bond donors (Lipinski definition) is 4. The molecule has 10 heteroatoms. The number of rotatable bonds is 32. The Morgan fingerprint density at radius 1 is 0.615 bits per heavy atom. The maximum absolute atomic E-state index is 12.7. The Balaban J connectivity index is 2.39. The van der Waals surface area contributed by atoms with Gasteiger partial charge in [0.15, 0.2) is 12.4 Å². The molecule has 300 valence electrons. The molecule has 52 heavy (non-hydrogen) atoms. The lowest BCUT2D eigenvalue weighted by molar-refractivity contribution is -0.305. The largest absolute Gasteiger partial charge is 0.462 e. The number of allylic oxidation sites excluding steroid dienone is 8. The molecule has 2 unspecified atom stereocenters. The van der Waals surface area contributed by atoms with Gasteiger partial charge in [0, 0.05) is 12.8 Å². The molecule has 0 aromatic carbocycles. The molecule has 0 radical (unpaired) electrons. The zero-order valence-electron chi connectivity index (χ0n) is 32.3. The van der Waals surface area contributed by atoms with Crippen molar-refractivity contribution < 1.29 is 49.0 Å². The van der Waals surface area contributed by atoms with Crippen molar-refractivity contribution in [1.82, 2.24) is 0 Å². The summed E-state index contributed by atoms with van der Waals surface area (Å²) in [7, 11) is 0. The molecule has 0 bridgehead atoms. The van der Waals surface area contributed by atoms with Gasteiger partial charge in [-0.15, -0.1) is 0 Å². The molecular formula is C42H72O10. The zero-order valence-corrected chi connectivity index (χ0v) is 32.3. The SMILES string of the molecule is CC/C=C/C=C/C=C/C=C/CCCCCCCC(=O)OC[C@@H](CO[C@H]1O[C@@H](CO)[C@@H](O)C(O)C1O)OC(=O)CCCCCCCCCCCCCC. The predicted molar refractivity (Wildman–Crippen MR) is 205 cm³/mol. The van der Waals surface area contributed by atoms with Gasteiger partial charge < -0.3 is 39.4 Å². The van der Waals surface area contributed by atoms with Crippen LogP contribution in [0.15, 0.2) is 48.6 Å². The number of unbranched alkanes of at least 4 members (excludes halogenated alkanes) is 16. The Morgan fingerprint density at radius 3 is 1.71 bits per heavy atom. The predicted octanol–water partition coefficient (Wildman–Crippen LogP) is 7.71. The van der Waals surface area contributed by atoms with E-state index < -0.39 is 55.4 Å². The first-order valence-electron chi connectivity index (χ1n) is 20.3. The summed E-state index contributed by atoms with van der Waals surface area (Å²) in [5.74, 6) is -0.836. The Hall–Kier alpha value is -2.34. The van der Waals surface area contributed by atoms with E-state index in [2.05, 4.69) is 32.1 Å². The van der Waals surface area contributed by atoms with Crippen LogP contribution in [-0.4, -0.2) is 89.0 Å². The van der Waals surface area contributed by atoms with E-state index in [1.165, 1.54) is 51.4 Å². The van der Waals surface area contributed by atoms with Gasteiger partial charge in [-0.2, -0.15) is 0 Å². The number of ether oxygens (including phenoxy) is 4. The van der Waals surface area contributed by atoms with Crippen LogP contribution in [0.4, 0.5) is 0 Å². The van der Waals surface area contributed by atoms with Crippen LogP contribution in [0.25, 0.3) is 0 Å². The lowest BCUT2D eigenvalue weighted by atomic mass is 9.99. The fraction of sp³-hybridized carbons (Fsp3) is 0.762. The second-order valence-corrected chi connectivity index (χ2v) is 13.8. The van der Waals surface area contributed by atoms with Crippen molar-refractivity contribution in [3.8, 4) is 0 Å². The molecule has 1 saturated heterocycles. The molecule has 0 aromatic heterocycles. The van der Waals surface area contributed by atoms with E-state index in [0.717, 1.165) is 57.8 Å². The summed E-state index contributed by atoms with van der Waals surface area (Å²) in [4.78, 5) is 25.2. The van der Waals surface area contributed by atoms with Crippen molar-refractivity contribution in [2.24, 2.45) is 0 Å². The lowest BCUT2D eigenvalue weighted by Gasteiger charge is -2.39. The minimum absolute atomic E-state index is 0.225. The number of aliphatic hydroxyl groups is 4. The third-order valence-corrected chi connectivity index (χ3v) is 9.07. The van der Waals surface area contributed by atoms with Crippen molar-refractivity contribution in [1.29, 1.82) is 0 Å². The molecule has 1 aliphatic rings. The highest BCUT2D eigenvalue weighted by molar-refractivity contribution is 5.70. The summed E-state index contributed by atoms with van der Waals surface area (Å²) in [6.07, 6.45) is 29.7. The highest BCUT2D eigenvalue weighted by atomic mass is 16.7. The maximum atomic E-state index is 12.7. The Kier molecular flexibility index (Phi) is 30.5. The van der Waals surface area contributed by atoms with Crippen LogP contribution >= 0.6 is 0 Å². The molecule has 4 N–H and O–H groups in total. The van der Waals surface area contributed by atoms with Crippen LogP contribution in [-0.2, 0) is 28.5 Å². The van der Waals surface area contributed by atoms with E-state index in [4.69, 9.17) is 18.9 Å². The minimum atomic E-state index is -1.60. The second kappa shape index (κ2) is 33.2. The van der Waals surface area contributed by atoms with Crippen molar-refractivity contribution in [2.75, 3.05) is 19.8 Å². The number of hydrogen-bond acceptors (Lipinski definition) is 10. The average molecular weight is 737 g/mol. The fourth-order valence-corrected chi connectivity index (χ4v) is 5.84. The summed E-state index contributed by atoms with van der Waals surface area (Å²) in [5, 5.41) is 39.9. The average Bonchev–Trinajstić information content (AvgIpc) is 3.14. The molecule has 1 heterocycles. The van der Waals surface area contributed by atoms with Gasteiger partial charge in [-0.25, -0.2) is 0 Å². The molecule has 0 aliphatic carbocycles. The third-order valence-electron chi connectivity index (χ3n) is 9.07. The van der Waals surface area contributed by atoms with Crippen molar-refractivity contribution >= 4 is 11.9 Å². The van der Waals surface area contributed by atoms with Crippen molar-refractivity contribution in [3.63, 3.8) is 0 Å². The van der Waals surface area contributed by atoms with Gasteiger partial charge in [0.25, 0.3) is 0 Å². The fourth-order valence-electron chi connectivity index (χ4n) is 5.84. The molecule has 0 saturated carbocycles. The van der Waals surface area contributed by atoms with Crippen LogP contribution in [0.1, 0.15) is 149 Å². The van der Waals surface area contributed by atoms with E-state index in [-0.39, 0.29) is 26.1 Å². The van der Waals surface area contributed by atoms with E-state index in [1.807, 2.05) is 30.4 Å². The van der Waals surface area contributed by atoms with E-state index in [9.17, 15) is 30.0 Å². The summed E-state index contributed by atoms with van der Waals surface area (Å²) < 4.78 is 22.1. The monoisotopic (exact) mass is 737 g/mol. The topological polar surface area (TPSA) is 152 Å². The second-order valence-electron chi connectivity index (χ2n) is 13.8. The summed E-state index contributed by atoms with van der Waals surface area (Å²) >= 11 is 0. The van der Waals surface area contributed by atoms with E-state index >= 15 is 0 Å². The Labute approximate surface area is 314 Å². The summed E-state index contributed by atoms with van der Waals surface area (Å²) in [6, 6.07) is 0. The maximum Gasteiger partial charge on any atom is 0.306 e. The van der Waals surface area contributed by atoms with Crippen LogP contribution in [0, 0.1) is 0 Å². The van der Waals surface area contributed by atoms with Crippen LogP contribution < -0.4 is 0 Å². The molecule has 0 spiro atoms. The highest BCUT2D eigenvalue weighted by Gasteiger charge is 2.44. The first-order chi connectivity index (χ1) is 25.3. The van der Waals surface area contributed by atoms with Gasteiger partial charge in [0.2, 0.25) is 0 Å². The van der Waals surface area contributed by atoms with Crippen LogP contribution in [0.3, 0.4) is 0 Å². The standard InChI is InChI=1S/C42H72O10/c1-3-5-7-9-11-13-15-17-18-19-21-22-24-26-28-30-37(44)49-33-35(34-50-42-41(48)40(47)39(46)36(32-43)52-42)51-38(45)31-29-27-25-23-20-16-14-12-10-8-6-4-2/h5,7,9,11,13,15,17-18,35-36,39-43,46-48H,3-4,6,8,10,12,14,16,19-34H2,1-2H3/b7-5+,11-9+,15-13+,18-17+/t35-,36-,39+,40?,41?,42-/m0/s1. The summed E-state index contributed by atoms with van der Waals surface area (Å²) in [6.45, 7) is 3.24. The van der Waals surface area contributed by atoms with Gasteiger partial charge in [0.05, 0.1) is 13.2 Å². The molecule has 0 aromatic rings. The zero-order chi connectivity index (χ0) is 38.1. The van der Waals surface area contributed by atoms with Crippen LogP contribution in [0.5, 0.6) is 0 Å². The number of carbonyl (C=O) groups excluding carboxylic acids is 2. The normalized spacial score (nSPS) is 21.5. The van der Waals surface area contributed by atoms with Gasteiger partial charge >= 0.3 is 11.9 Å². The van der Waals surface area contributed by atoms with Crippen LogP contribution in [0.2, 0.25) is 0 Å². The first kappa shape index (κ1) is 47.7. The molecule has 1 rings (SSSR count). The number of carbonyl (C=O) groups is 2. The van der Waals surface area contributed by atoms with E-state index in [1.54, 1.807) is 0 Å².